The van der Waals surface area contributed by atoms with E-state index in [1.165, 1.54) is 0 Å². The van der Waals surface area contributed by atoms with Crippen LogP contribution >= 0.6 is 22.6 Å². The van der Waals surface area contributed by atoms with Gasteiger partial charge in [0.05, 0.1) is 11.2 Å². The molecule has 1 aliphatic heterocycles. The lowest BCUT2D eigenvalue weighted by molar-refractivity contribution is 0.00578. The fourth-order valence-electron chi connectivity index (χ4n) is 1.33. The molecule has 0 amide bonds. The predicted octanol–water partition coefficient (Wildman–Crippen LogP) is 3.08. The van der Waals surface area contributed by atoms with Crippen molar-refractivity contribution in [2.45, 2.75) is 56.6 Å². The molecule has 1 rings (SSSR count). The lowest BCUT2D eigenvalue weighted by Crippen LogP contribution is -2.41. The molecule has 0 aromatic heterocycles. The maximum absolute atomic E-state index is 5.96. The van der Waals surface area contributed by atoms with Crippen LogP contribution in [-0.4, -0.2) is 22.1 Å². The first-order valence-electron chi connectivity index (χ1n) is 5.17. The summed E-state index contributed by atoms with van der Waals surface area (Å²) in [6.45, 7) is 12.8. The van der Waals surface area contributed by atoms with Gasteiger partial charge in [0.25, 0.3) is 0 Å². The van der Waals surface area contributed by atoms with Crippen LogP contribution in [0.15, 0.2) is 0 Å². The standard InChI is InChI=1S/C10H20BIO2/c1-7(2)8(12)11-13-9(3,4)10(5,6)14-11/h7-8H,1-6H3/t8-/m0/s1. The van der Waals surface area contributed by atoms with Gasteiger partial charge in [0.2, 0.25) is 0 Å². The van der Waals surface area contributed by atoms with Crippen LogP contribution in [0.4, 0.5) is 0 Å². The highest BCUT2D eigenvalue weighted by Gasteiger charge is 2.53. The molecule has 0 aromatic rings. The van der Waals surface area contributed by atoms with Gasteiger partial charge in [0, 0.05) is 3.82 Å². The van der Waals surface area contributed by atoms with Gasteiger partial charge in [-0.05, 0) is 33.6 Å². The number of hydrogen-bond donors (Lipinski definition) is 0. The Balaban J connectivity index is 2.73. The van der Waals surface area contributed by atoms with Crippen molar-refractivity contribution in [2.24, 2.45) is 5.92 Å². The van der Waals surface area contributed by atoms with Gasteiger partial charge in [0.1, 0.15) is 0 Å². The molecule has 1 aliphatic rings. The van der Waals surface area contributed by atoms with Crippen LogP contribution in [0.5, 0.6) is 0 Å². The molecule has 0 radical (unpaired) electrons. The number of alkyl halides is 1. The van der Waals surface area contributed by atoms with Crippen LogP contribution in [0, 0.1) is 5.92 Å². The highest BCUT2D eigenvalue weighted by Crippen LogP contribution is 2.39. The average Bonchev–Trinajstić information content (AvgIpc) is 2.20. The van der Waals surface area contributed by atoms with Crippen molar-refractivity contribution in [3.05, 3.63) is 0 Å². The van der Waals surface area contributed by atoms with Gasteiger partial charge < -0.3 is 9.31 Å². The summed E-state index contributed by atoms with van der Waals surface area (Å²) >= 11 is 2.42. The Kier molecular flexibility index (Phi) is 3.60. The normalized spacial score (nSPS) is 27.0. The largest absolute Gasteiger partial charge is 0.471 e. The highest BCUT2D eigenvalue weighted by atomic mass is 127. The summed E-state index contributed by atoms with van der Waals surface area (Å²) in [4.78, 5) is 0. The molecule has 1 saturated heterocycles. The van der Waals surface area contributed by atoms with E-state index in [1.807, 2.05) is 0 Å². The second-order valence-corrected chi connectivity index (χ2v) is 6.75. The zero-order valence-electron chi connectivity index (χ0n) is 9.93. The molecule has 0 bridgehead atoms. The molecule has 0 N–H and O–H groups in total. The van der Waals surface area contributed by atoms with Crippen molar-refractivity contribution in [3.8, 4) is 0 Å². The Morgan fingerprint density at radius 3 is 1.64 bits per heavy atom. The quantitative estimate of drug-likeness (QED) is 0.443. The van der Waals surface area contributed by atoms with Crippen LogP contribution < -0.4 is 0 Å². The molecule has 1 fully saturated rings. The molecule has 0 unspecified atom stereocenters. The second kappa shape index (κ2) is 3.94. The third kappa shape index (κ3) is 2.27. The van der Waals surface area contributed by atoms with Crippen molar-refractivity contribution >= 4 is 29.7 Å². The molecule has 1 atom stereocenters. The predicted molar refractivity (Wildman–Crippen MR) is 68.7 cm³/mol. The van der Waals surface area contributed by atoms with Crippen LogP contribution in [0.3, 0.4) is 0 Å². The van der Waals surface area contributed by atoms with E-state index in [2.05, 4.69) is 64.1 Å². The van der Waals surface area contributed by atoms with Gasteiger partial charge in [-0.25, -0.2) is 0 Å². The van der Waals surface area contributed by atoms with Crippen molar-refractivity contribution < 1.29 is 9.31 Å². The van der Waals surface area contributed by atoms with E-state index in [-0.39, 0.29) is 18.3 Å². The summed E-state index contributed by atoms with van der Waals surface area (Å²) in [6.07, 6.45) is 0. The summed E-state index contributed by atoms with van der Waals surface area (Å²) in [5, 5.41) is 0. The second-order valence-electron chi connectivity index (χ2n) is 5.31. The van der Waals surface area contributed by atoms with Gasteiger partial charge in [-0.2, -0.15) is 0 Å². The molecule has 0 spiro atoms. The van der Waals surface area contributed by atoms with Gasteiger partial charge in [-0.15, -0.1) is 0 Å². The number of halogens is 1. The van der Waals surface area contributed by atoms with Crippen molar-refractivity contribution in [2.75, 3.05) is 0 Å². The molecule has 0 aromatic carbocycles. The summed E-state index contributed by atoms with van der Waals surface area (Å²) in [6, 6.07) is 0. The van der Waals surface area contributed by atoms with E-state index < -0.39 is 0 Å². The lowest BCUT2D eigenvalue weighted by Gasteiger charge is -2.32. The molecular formula is C10H20BIO2. The molecule has 1 heterocycles. The fourth-order valence-corrected chi connectivity index (χ4v) is 1.63. The van der Waals surface area contributed by atoms with Gasteiger partial charge in [-0.1, -0.05) is 36.4 Å². The topological polar surface area (TPSA) is 18.5 Å². The van der Waals surface area contributed by atoms with Crippen LogP contribution in [0.25, 0.3) is 0 Å². The first-order chi connectivity index (χ1) is 6.17. The van der Waals surface area contributed by atoms with Gasteiger partial charge in [-0.3, -0.25) is 0 Å². The van der Waals surface area contributed by atoms with Gasteiger partial charge >= 0.3 is 7.12 Å². The van der Waals surface area contributed by atoms with E-state index in [1.54, 1.807) is 0 Å². The van der Waals surface area contributed by atoms with Crippen molar-refractivity contribution in [1.82, 2.24) is 0 Å². The Labute approximate surface area is 101 Å². The number of hydrogen-bond acceptors (Lipinski definition) is 2. The van der Waals surface area contributed by atoms with E-state index in [0.717, 1.165) is 0 Å². The number of rotatable bonds is 2. The minimum atomic E-state index is -0.198. The molecular weight excluding hydrogens is 290 g/mol. The molecule has 82 valence electrons. The summed E-state index contributed by atoms with van der Waals surface area (Å²) in [5.41, 5.74) is -0.397. The molecule has 4 heteroatoms. The zero-order chi connectivity index (χ0) is 11.1. The van der Waals surface area contributed by atoms with Crippen LogP contribution in [0.1, 0.15) is 41.5 Å². The van der Waals surface area contributed by atoms with Crippen molar-refractivity contribution in [3.63, 3.8) is 0 Å². The minimum absolute atomic E-state index is 0.0689. The zero-order valence-corrected chi connectivity index (χ0v) is 12.1. The Hall–Kier alpha value is 0.715. The smallest absolute Gasteiger partial charge is 0.403 e. The SMILES string of the molecule is CC(C)[C@H](I)B1OC(C)(C)C(C)(C)O1. The Morgan fingerprint density at radius 2 is 1.36 bits per heavy atom. The molecule has 2 nitrogen and oxygen atoms in total. The summed E-state index contributed by atoms with van der Waals surface area (Å²) in [5.74, 6) is 0.574. The Bertz CT molecular complexity index is 200. The first kappa shape index (κ1) is 12.8. The van der Waals surface area contributed by atoms with E-state index in [9.17, 15) is 0 Å². The maximum Gasteiger partial charge on any atom is 0.471 e. The fraction of sp³-hybridized carbons (Fsp3) is 1.00. The highest BCUT2D eigenvalue weighted by molar-refractivity contribution is 14.1. The first-order valence-corrected chi connectivity index (χ1v) is 6.41. The third-order valence-corrected chi connectivity index (χ3v) is 5.19. The Morgan fingerprint density at radius 1 is 1.00 bits per heavy atom. The van der Waals surface area contributed by atoms with E-state index >= 15 is 0 Å². The lowest BCUT2D eigenvalue weighted by atomic mass is 9.78. The minimum Gasteiger partial charge on any atom is -0.403 e. The monoisotopic (exact) mass is 310 g/mol. The van der Waals surface area contributed by atoms with E-state index in [0.29, 0.717) is 9.74 Å². The van der Waals surface area contributed by atoms with Crippen LogP contribution in [0.2, 0.25) is 0 Å². The van der Waals surface area contributed by atoms with Gasteiger partial charge in [0.15, 0.2) is 0 Å². The third-order valence-electron chi connectivity index (χ3n) is 3.17. The van der Waals surface area contributed by atoms with Crippen LogP contribution in [-0.2, 0) is 9.31 Å². The van der Waals surface area contributed by atoms with E-state index in [4.69, 9.17) is 9.31 Å². The summed E-state index contributed by atoms with van der Waals surface area (Å²) < 4.78 is 12.3. The van der Waals surface area contributed by atoms with Crippen molar-refractivity contribution in [1.29, 1.82) is 0 Å². The molecule has 14 heavy (non-hydrogen) atoms. The molecule has 0 saturated carbocycles. The maximum atomic E-state index is 5.96. The molecule has 0 aliphatic carbocycles. The average molecular weight is 310 g/mol. The summed E-state index contributed by atoms with van der Waals surface area (Å²) in [7, 11) is -0.0689.